The van der Waals surface area contributed by atoms with Gasteiger partial charge in [0.05, 0.1) is 25.0 Å². The van der Waals surface area contributed by atoms with Gasteiger partial charge in [0, 0.05) is 7.11 Å². The molecule has 0 fully saturated rings. The van der Waals surface area contributed by atoms with Crippen LogP contribution >= 0.6 is 11.6 Å². The number of allylic oxidation sites excluding steroid dienone is 1. The molecule has 0 N–H and O–H groups in total. The molecule has 1 aromatic rings. The number of methoxy groups -OCH3 is 1. The van der Waals surface area contributed by atoms with Crippen molar-refractivity contribution >= 4 is 11.6 Å². The van der Waals surface area contributed by atoms with Crippen molar-refractivity contribution in [1.82, 2.24) is 15.0 Å². The first kappa shape index (κ1) is 10.2. The van der Waals surface area contributed by atoms with Crippen LogP contribution in [-0.2, 0) is 11.3 Å². The molecule has 0 saturated heterocycles. The standard InChI is InChI=1S/C8H12ClN3O/c1-3-4-12-8(5-10-11-12)7(9)6-13-2/h3,5,7H,1,4,6H2,2H3. The van der Waals surface area contributed by atoms with Crippen LogP contribution in [0, 0.1) is 0 Å². The molecule has 5 heteroatoms. The van der Waals surface area contributed by atoms with Gasteiger partial charge in [-0.05, 0) is 0 Å². The van der Waals surface area contributed by atoms with E-state index in [1.165, 1.54) is 0 Å². The molecule has 0 saturated carbocycles. The van der Waals surface area contributed by atoms with Crippen LogP contribution in [0.15, 0.2) is 18.9 Å². The number of rotatable bonds is 5. The molecular weight excluding hydrogens is 190 g/mol. The fourth-order valence-electron chi connectivity index (χ4n) is 1.00. The van der Waals surface area contributed by atoms with E-state index in [2.05, 4.69) is 16.9 Å². The maximum Gasteiger partial charge on any atom is 0.100 e. The third kappa shape index (κ3) is 2.54. The van der Waals surface area contributed by atoms with Crippen LogP contribution in [0.3, 0.4) is 0 Å². The van der Waals surface area contributed by atoms with E-state index in [0.717, 1.165) is 5.69 Å². The summed E-state index contributed by atoms with van der Waals surface area (Å²) in [6, 6.07) is 0. The van der Waals surface area contributed by atoms with Gasteiger partial charge in [0.15, 0.2) is 0 Å². The van der Waals surface area contributed by atoms with Gasteiger partial charge in [-0.15, -0.1) is 23.3 Å². The largest absolute Gasteiger partial charge is 0.383 e. The van der Waals surface area contributed by atoms with Crippen molar-refractivity contribution in [2.45, 2.75) is 11.9 Å². The minimum Gasteiger partial charge on any atom is -0.383 e. The zero-order chi connectivity index (χ0) is 9.68. The molecule has 0 aliphatic heterocycles. The fraction of sp³-hybridized carbons (Fsp3) is 0.500. The molecule has 1 atom stereocenters. The molecule has 1 unspecified atom stereocenters. The molecule has 1 rings (SSSR count). The van der Waals surface area contributed by atoms with Gasteiger partial charge in [-0.3, -0.25) is 0 Å². The highest BCUT2D eigenvalue weighted by molar-refractivity contribution is 6.20. The summed E-state index contributed by atoms with van der Waals surface area (Å²) in [6.07, 6.45) is 3.38. The van der Waals surface area contributed by atoms with Gasteiger partial charge in [-0.2, -0.15) is 0 Å². The minimum absolute atomic E-state index is 0.208. The average Bonchev–Trinajstić information content (AvgIpc) is 2.54. The molecule has 0 amide bonds. The van der Waals surface area contributed by atoms with Crippen LogP contribution in [0.5, 0.6) is 0 Å². The topological polar surface area (TPSA) is 39.9 Å². The third-order valence-corrected chi connectivity index (χ3v) is 1.93. The maximum absolute atomic E-state index is 6.03. The van der Waals surface area contributed by atoms with Crippen molar-refractivity contribution in [3.05, 3.63) is 24.5 Å². The summed E-state index contributed by atoms with van der Waals surface area (Å²) >= 11 is 6.03. The molecular formula is C8H12ClN3O. The lowest BCUT2D eigenvalue weighted by atomic mass is 10.3. The third-order valence-electron chi connectivity index (χ3n) is 1.58. The smallest absolute Gasteiger partial charge is 0.100 e. The monoisotopic (exact) mass is 201 g/mol. The maximum atomic E-state index is 6.03. The second-order valence-corrected chi connectivity index (χ2v) is 3.08. The summed E-state index contributed by atoms with van der Waals surface area (Å²) in [5.74, 6) is 0. The average molecular weight is 202 g/mol. The quantitative estimate of drug-likeness (QED) is 0.534. The number of ether oxygens (including phenoxy) is 1. The number of nitrogens with zero attached hydrogens (tertiary/aromatic N) is 3. The number of halogens is 1. The van der Waals surface area contributed by atoms with Gasteiger partial charge in [0.2, 0.25) is 0 Å². The second-order valence-electron chi connectivity index (χ2n) is 2.55. The second kappa shape index (κ2) is 4.99. The summed E-state index contributed by atoms with van der Waals surface area (Å²) in [6.45, 7) is 4.68. The van der Waals surface area contributed by atoms with Gasteiger partial charge in [-0.25, -0.2) is 4.68 Å². The van der Waals surface area contributed by atoms with Crippen molar-refractivity contribution in [1.29, 1.82) is 0 Å². The Morgan fingerprint density at radius 3 is 3.23 bits per heavy atom. The predicted molar refractivity (Wildman–Crippen MR) is 50.7 cm³/mol. The Morgan fingerprint density at radius 2 is 2.62 bits per heavy atom. The Bertz CT molecular complexity index is 274. The van der Waals surface area contributed by atoms with Gasteiger partial charge >= 0.3 is 0 Å². The van der Waals surface area contributed by atoms with Crippen LogP contribution in [0.2, 0.25) is 0 Å². The molecule has 72 valence electrons. The predicted octanol–water partition coefficient (Wildman–Crippen LogP) is 1.39. The van der Waals surface area contributed by atoms with Crippen LogP contribution in [0.1, 0.15) is 11.1 Å². The van der Waals surface area contributed by atoms with Crippen molar-refractivity contribution in [2.75, 3.05) is 13.7 Å². The van der Waals surface area contributed by atoms with Gasteiger partial charge in [-0.1, -0.05) is 11.3 Å². The molecule has 0 aromatic carbocycles. The van der Waals surface area contributed by atoms with Crippen LogP contribution in [0.4, 0.5) is 0 Å². The van der Waals surface area contributed by atoms with E-state index in [1.54, 1.807) is 24.1 Å². The highest BCUT2D eigenvalue weighted by atomic mass is 35.5. The number of aromatic nitrogens is 3. The zero-order valence-electron chi connectivity index (χ0n) is 7.48. The van der Waals surface area contributed by atoms with Crippen molar-refractivity contribution in [2.24, 2.45) is 0 Å². The van der Waals surface area contributed by atoms with Gasteiger partial charge in [0.25, 0.3) is 0 Å². The van der Waals surface area contributed by atoms with Crippen LogP contribution in [0.25, 0.3) is 0 Å². The summed E-state index contributed by atoms with van der Waals surface area (Å²) in [4.78, 5) is 0. The fourth-order valence-corrected chi connectivity index (χ4v) is 1.30. The van der Waals surface area contributed by atoms with E-state index >= 15 is 0 Å². The summed E-state index contributed by atoms with van der Waals surface area (Å²) in [5.41, 5.74) is 0.850. The minimum atomic E-state index is -0.208. The van der Waals surface area contributed by atoms with E-state index in [4.69, 9.17) is 16.3 Å². The molecule has 0 aliphatic carbocycles. The highest BCUT2D eigenvalue weighted by Crippen LogP contribution is 2.18. The van der Waals surface area contributed by atoms with Crippen LogP contribution in [-0.4, -0.2) is 28.7 Å². The van der Waals surface area contributed by atoms with E-state index < -0.39 is 0 Å². The lowest BCUT2D eigenvalue weighted by Crippen LogP contribution is -2.08. The number of hydrogen-bond donors (Lipinski definition) is 0. The van der Waals surface area contributed by atoms with E-state index in [9.17, 15) is 0 Å². The first-order valence-corrected chi connectivity index (χ1v) is 4.35. The highest BCUT2D eigenvalue weighted by Gasteiger charge is 2.12. The molecule has 0 aliphatic rings. The molecule has 0 radical (unpaired) electrons. The zero-order valence-corrected chi connectivity index (χ0v) is 8.24. The Kier molecular flexibility index (Phi) is 3.92. The van der Waals surface area contributed by atoms with Crippen molar-refractivity contribution in [3.8, 4) is 0 Å². The summed E-state index contributed by atoms with van der Waals surface area (Å²) in [5, 5.41) is 7.43. The SMILES string of the molecule is C=CCn1nncc1C(Cl)COC. The number of alkyl halides is 1. The molecule has 1 aromatic heterocycles. The van der Waals surface area contributed by atoms with Gasteiger partial charge in [0.1, 0.15) is 5.38 Å². The first-order valence-electron chi connectivity index (χ1n) is 3.92. The van der Waals surface area contributed by atoms with E-state index in [-0.39, 0.29) is 5.38 Å². The van der Waals surface area contributed by atoms with E-state index in [0.29, 0.717) is 13.2 Å². The lowest BCUT2D eigenvalue weighted by molar-refractivity contribution is 0.196. The van der Waals surface area contributed by atoms with Crippen molar-refractivity contribution < 1.29 is 4.74 Å². The first-order chi connectivity index (χ1) is 6.29. The van der Waals surface area contributed by atoms with Gasteiger partial charge < -0.3 is 4.74 Å². The lowest BCUT2D eigenvalue weighted by Gasteiger charge is -2.08. The van der Waals surface area contributed by atoms with Crippen LogP contribution < -0.4 is 0 Å². The number of hydrogen-bond acceptors (Lipinski definition) is 3. The Balaban J connectivity index is 2.73. The normalized spacial score (nSPS) is 12.8. The molecule has 0 bridgehead atoms. The summed E-state index contributed by atoms with van der Waals surface area (Å²) < 4.78 is 6.63. The Hall–Kier alpha value is -0.870. The summed E-state index contributed by atoms with van der Waals surface area (Å²) in [7, 11) is 1.61. The Morgan fingerprint density at radius 1 is 1.85 bits per heavy atom. The Labute approximate surface area is 82.1 Å². The van der Waals surface area contributed by atoms with E-state index in [1.807, 2.05) is 0 Å². The molecule has 4 nitrogen and oxygen atoms in total. The van der Waals surface area contributed by atoms with Crippen molar-refractivity contribution in [3.63, 3.8) is 0 Å². The molecule has 1 heterocycles. The molecule has 13 heavy (non-hydrogen) atoms. The molecule has 0 spiro atoms.